The summed E-state index contributed by atoms with van der Waals surface area (Å²) in [4.78, 5) is 34.9. The second kappa shape index (κ2) is 12.4. The molecule has 1 fully saturated rings. The number of likely N-dealkylation sites (N-methyl/N-ethyl adjacent to an activating group) is 1. The third kappa shape index (κ3) is 6.11. The van der Waals surface area contributed by atoms with E-state index in [0.717, 1.165) is 28.6 Å². The molecule has 0 bridgehead atoms. The van der Waals surface area contributed by atoms with Crippen LogP contribution in [0.2, 0.25) is 0 Å². The number of aryl methyl sites for hydroxylation is 1. The number of aromatic nitrogens is 2. The molecular weight excluding hydrogens is 555 g/mol. The number of hydrogen-bond acceptors (Lipinski definition) is 5. The van der Waals surface area contributed by atoms with Gasteiger partial charge in [-0.1, -0.05) is 30.4 Å². The first-order valence-corrected chi connectivity index (χ1v) is 14.7. The van der Waals surface area contributed by atoms with E-state index in [1.807, 2.05) is 60.8 Å². The van der Waals surface area contributed by atoms with E-state index < -0.39 is 17.3 Å². The average Bonchev–Trinajstić information content (AvgIpc) is 3.52. The van der Waals surface area contributed by atoms with Crippen molar-refractivity contribution < 1.29 is 22.8 Å². The van der Waals surface area contributed by atoms with Crippen LogP contribution in [0.4, 0.5) is 18.9 Å². The highest BCUT2D eigenvalue weighted by Crippen LogP contribution is 2.44. The predicted molar refractivity (Wildman–Crippen MR) is 161 cm³/mol. The number of allylic oxidation sites excluding steroid dienone is 2. The summed E-state index contributed by atoms with van der Waals surface area (Å²) in [7, 11) is 3.75. The number of nitrogens with zero attached hydrogens (tertiary/aromatic N) is 4. The van der Waals surface area contributed by atoms with Crippen molar-refractivity contribution in [2.45, 2.75) is 69.5 Å². The molecular formula is C33H38F3N5O2. The third-order valence-corrected chi connectivity index (χ3v) is 8.74. The number of fused-ring (bicyclic) bond motifs is 1. The normalized spacial score (nSPS) is 21.4. The SMILES string of the molecule is CNC1CCC(F)(F)CC1.Cc1nc2ccccc2n1CC(=O)N(c1cccc(F)c1)C1(C=O)CCC2=C1N(C)CC=C2. The zero-order valence-corrected chi connectivity index (χ0v) is 24.8. The van der Waals surface area contributed by atoms with Gasteiger partial charge in [0.05, 0.1) is 16.7 Å². The van der Waals surface area contributed by atoms with Crippen molar-refractivity contribution in [2.24, 2.45) is 0 Å². The Morgan fingerprint density at radius 3 is 2.58 bits per heavy atom. The van der Waals surface area contributed by atoms with Gasteiger partial charge in [0, 0.05) is 38.2 Å². The van der Waals surface area contributed by atoms with Crippen LogP contribution in [0.25, 0.3) is 11.0 Å². The summed E-state index contributed by atoms with van der Waals surface area (Å²) in [6.45, 7) is 2.48. The highest BCUT2D eigenvalue weighted by molar-refractivity contribution is 6.01. The summed E-state index contributed by atoms with van der Waals surface area (Å²) >= 11 is 0. The number of imidazole rings is 1. The number of nitrogens with one attached hydrogen (secondary N) is 1. The van der Waals surface area contributed by atoms with E-state index in [0.29, 0.717) is 49.8 Å². The maximum absolute atomic E-state index is 14.3. The van der Waals surface area contributed by atoms with Crippen LogP contribution in [0, 0.1) is 12.7 Å². The second-order valence-corrected chi connectivity index (χ2v) is 11.6. The molecule has 2 heterocycles. The summed E-state index contributed by atoms with van der Waals surface area (Å²) in [5.74, 6) is -2.43. The lowest BCUT2D eigenvalue weighted by Crippen LogP contribution is -2.57. The molecule has 10 heteroatoms. The van der Waals surface area contributed by atoms with Gasteiger partial charge in [-0.05, 0) is 75.6 Å². The number of aldehydes is 1. The van der Waals surface area contributed by atoms with Crippen molar-refractivity contribution in [3.05, 3.63) is 83.6 Å². The fraction of sp³-hybridized carbons (Fsp3) is 0.424. The lowest BCUT2D eigenvalue weighted by atomic mass is 9.92. The monoisotopic (exact) mass is 593 g/mol. The highest BCUT2D eigenvalue weighted by Gasteiger charge is 2.50. The fourth-order valence-corrected chi connectivity index (χ4v) is 6.55. The molecule has 3 aromatic rings. The fourth-order valence-electron chi connectivity index (χ4n) is 6.55. The largest absolute Gasteiger partial charge is 0.372 e. The predicted octanol–water partition coefficient (Wildman–Crippen LogP) is 5.79. The zero-order valence-electron chi connectivity index (χ0n) is 24.8. The van der Waals surface area contributed by atoms with Crippen molar-refractivity contribution in [2.75, 3.05) is 25.5 Å². The quantitative estimate of drug-likeness (QED) is 0.367. The molecule has 2 aliphatic carbocycles. The van der Waals surface area contributed by atoms with Gasteiger partial charge in [0.2, 0.25) is 11.8 Å². The molecule has 1 saturated carbocycles. The summed E-state index contributed by atoms with van der Waals surface area (Å²) in [6.07, 6.45) is 7.39. The molecule has 1 aliphatic heterocycles. The van der Waals surface area contributed by atoms with Crippen LogP contribution >= 0.6 is 0 Å². The third-order valence-electron chi connectivity index (χ3n) is 8.74. The van der Waals surface area contributed by atoms with Gasteiger partial charge in [0.15, 0.2) is 6.29 Å². The van der Waals surface area contributed by atoms with Crippen molar-refractivity contribution in [3.63, 3.8) is 0 Å². The van der Waals surface area contributed by atoms with Crippen LogP contribution < -0.4 is 10.2 Å². The Bertz CT molecular complexity index is 1550. The number of anilines is 1. The van der Waals surface area contributed by atoms with Crippen LogP contribution in [-0.2, 0) is 16.1 Å². The summed E-state index contributed by atoms with van der Waals surface area (Å²) in [6, 6.07) is 13.8. The molecule has 43 heavy (non-hydrogen) atoms. The smallest absolute Gasteiger partial charge is 0.248 e. The number of carbonyl (C=O) groups excluding carboxylic acids is 2. The van der Waals surface area contributed by atoms with Gasteiger partial charge < -0.3 is 19.6 Å². The Hall–Kier alpha value is -3.92. The zero-order chi connectivity index (χ0) is 30.8. The van der Waals surface area contributed by atoms with E-state index in [-0.39, 0.29) is 25.3 Å². The molecule has 228 valence electrons. The number of alkyl halides is 2. The van der Waals surface area contributed by atoms with Crippen molar-refractivity contribution in [3.8, 4) is 0 Å². The molecule has 2 aromatic carbocycles. The minimum atomic E-state index is -2.38. The Balaban J connectivity index is 0.000000314. The Labute approximate surface area is 250 Å². The first-order chi connectivity index (χ1) is 20.6. The lowest BCUT2D eigenvalue weighted by molar-refractivity contribution is -0.123. The second-order valence-electron chi connectivity index (χ2n) is 11.6. The Morgan fingerprint density at radius 1 is 1.14 bits per heavy atom. The number of carbonyl (C=O) groups is 2. The molecule has 1 atom stereocenters. The van der Waals surface area contributed by atoms with E-state index in [1.54, 1.807) is 12.1 Å². The van der Waals surface area contributed by atoms with Gasteiger partial charge in [0.1, 0.15) is 23.7 Å². The molecule has 7 nitrogen and oxygen atoms in total. The molecule has 0 spiro atoms. The maximum atomic E-state index is 14.3. The number of para-hydroxylation sites is 2. The lowest BCUT2D eigenvalue weighted by Gasteiger charge is -2.43. The van der Waals surface area contributed by atoms with Crippen molar-refractivity contribution >= 4 is 28.9 Å². The number of amides is 1. The van der Waals surface area contributed by atoms with Gasteiger partial charge in [-0.3, -0.25) is 9.69 Å². The number of benzene rings is 2. The summed E-state index contributed by atoms with van der Waals surface area (Å²) in [5, 5.41) is 3.01. The average molecular weight is 594 g/mol. The van der Waals surface area contributed by atoms with E-state index in [9.17, 15) is 22.8 Å². The molecule has 1 N–H and O–H groups in total. The highest BCUT2D eigenvalue weighted by atomic mass is 19.3. The number of hydrogen-bond donors (Lipinski definition) is 1. The van der Waals surface area contributed by atoms with Crippen LogP contribution in [0.5, 0.6) is 0 Å². The summed E-state index contributed by atoms with van der Waals surface area (Å²) < 4.78 is 41.1. The van der Waals surface area contributed by atoms with Gasteiger partial charge in [-0.2, -0.15) is 0 Å². The first-order valence-electron chi connectivity index (χ1n) is 14.7. The van der Waals surface area contributed by atoms with E-state index in [4.69, 9.17) is 0 Å². The minimum absolute atomic E-state index is 0.0133. The van der Waals surface area contributed by atoms with Crippen molar-refractivity contribution in [1.29, 1.82) is 0 Å². The molecule has 1 amide bonds. The van der Waals surface area contributed by atoms with Gasteiger partial charge >= 0.3 is 0 Å². The minimum Gasteiger partial charge on any atom is -0.372 e. The van der Waals surface area contributed by atoms with Crippen LogP contribution in [-0.4, -0.2) is 64.8 Å². The van der Waals surface area contributed by atoms with Gasteiger partial charge in [0.25, 0.3) is 0 Å². The van der Waals surface area contributed by atoms with Gasteiger partial charge in [-0.15, -0.1) is 0 Å². The Morgan fingerprint density at radius 2 is 1.88 bits per heavy atom. The molecule has 1 unspecified atom stereocenters. The molecule has 6 rings (SSSR count). The first kappa shape index (κ1) is 30.5. The molecule has 0 radical (unpaired) electrons. The Kier molecular flexibility index (Phi) is 8.78. The van der Waals surface area contributed by atoms with E-state index >= 15 is 0 Å². The number of rotatable bonds is 6. The molecule has 3 aliphatic rings. The maximum Gasteiger partial charge on any atom is 0.248 e. The van der Waals surface area contributed by atoms with Crippen molar-refractivity contribution in [1.82, 2.24) is 19.8 Å². The molecule has 0 saturated heterocycles. The molecule has 1 aromatic heterocycles. The van der Waals surface area contributed by atoms with E-state index in [1.165, 1.54) is 17.0 Å². The van der Waals surface area contributed by atoms with Gasteiger partial charge in [-0.25, -0.2) is 18.2 Å². The van der Waals surface area contributed by atoms with E-state index in [2.05, 4.69) is 16.4 Å². The number of halogens is 3. The van der Waals surface area contributed by atoms with Crippen LogP contribution in [0.1, 0.15) is 44.3 Å². The standard InChI is InChI=1S/C26H25FN4O2.C7H13F2N/c1-18-28-22-10-3-4-11-23(22)30(18)16-24(33)31(21-9-5-8-20(27)15-21)26(17-32)13-12-19-7-6-14-29(2)25(19)26;1-10-6-2-4-7(8,9)5-3-6/h3-11,15,17H,12-14,16H2,1-2H3;6,10H,2-5H2,1H3. The topological polar surface area (TPSA) is 70.5 Å². The summed E-state index contributed by atoms with van der Waals surface area (Å²) in [5.41, 5.74) is 2.65. The van der Waals surface area contributed by atoms with Crippen LogP contribution in [0.3, 0.4) is 0 Å². The van der Waals surface area contributed by atoms with Crippen LogP contribution in [0.15, 0.2) is 72.0 Å².